The number of esters is 1. The van der Waals surface area contributed by atoms with Gasteiger partial charge in [0.05, 0.1) is 0 Å². The van der Waals surface area contributed by atoms with Crippen LogP contribution >= 0.6 is 59.4 Å². The second-order valence-electron chi connectivity index (χ2n) is 7.95. The number of hydrogen-bond acceptors (Lipinski definition) is 4. The van der Waals surface area contributed by atoms with E-state index in [9.17, 15) is 9.59 Å². The first-order valence-electron chi connectivity index (χ1n) is 9.80. The van der Waals surface area contributed by atoms with Crippen molar-refractivity contribution in [3.8, 4) is 0 Å². The topological polar surface area (TPSA) is 52.6 Å². The van der Waals surface area contributed by atoms with Crippen molar-refractivity contribution in [1.29, 1.82) is 0 Å². The van der Waals surface area contributed by atoms with Crippen molar-refractivity contribution in [2.45, 2.75) is 52.7 Å². The van der Waals surface area contributed by atoms with E-state index in [4.69, 9.17) is 16.7 Å². The van der Waals surface area contributed by atoms with Gasteiger partial charge >= 0.3 is 189 Å². The molecule has 0 saturated heterocycles. The van der Waals surface area contributed by atoms with Crippen LogP contribution in [0.1, 0.15) is 52.7 Å². The molecule has 0 aromatic heterocycles. The quantitative estimate of drug-likeness (QED) is 0.141. The van der Waals surface area contributed by atoms with Crippen molar-refractivity contribution in [2.75, 3.05) is 9.86 Å². The molecule has 1 heterocycles. The molecule has 0 saturated carbocycles. The molecule has 0 aliphatic carbocycles. The Balaban J connectivity index is 0.000000281. The Morgan fingerprint density at radius 2 is 1.56 bits per heavy atom. The number of carbonyl (C=O) groups excluding carboxylic acids is 2. The zero-order chi connectivity index (χ0) is 24.7. The van der Waals surface area contributed by atoms with E-state index in [1.807, 2.05) is 38.1 Å². The van der Waals surface area contributed by atoms with Crippen molar-refractivity contribution in [3.63, 3.8) is 0 Å². The molecule has 2 aromatic carbocycles. The summed E-state index contributed by atoms with van der Waals surface area (Å²) in [5.41, 5.74) is 1.78. The number of alkyl halides is 2. The molecule has 4 nitrogen and oxygen atoms in total. The van der Waals surface area contributed by atoms with Crippen LogP contribution in [0.2, 0.25) is 0 Å². The molecule has 180 valence electrons. The summed E-state index contributed by atoms with van der Waals surface area (Å²) in [6.45, 7) is 10.8. The van der Waals surface area contributed by atoms with Crippen molar-refractivity contribution >= 4 is 70.6 Å². The SMILES string of the molecule is CC(=O)Cl.CC(=O)OC(C)(C)c1ccccc1I(C)Cl.CI1OC(C)(C)c2ccccc21. The van der Waals surface area contributed by atoms with E-state index in [-0.39, 0.29) is 16.8 Å². The summed E-state index contributed by atoms with van der Waals surface area (Å²) in [4.78, 5) is 24.6. The number of fused-ring (bicyclic) bond motifs is 1. The van der Waals surface area contributed by atoms with Crippen LogP contribution in [0.25, 0.3) is 0 Å². The predicted octanol–water partition coefficient (Wildman–Crippen LogP) is 7.89. The van der Waals surface area contributed by atoms with Crippen LogP contribution in [0.3, 0.4) is 0 Å². The molecule has 3 rings (SSSR count). The van der Waals surface area contributed by atoms with Crippen molar-refractivity contribution in [3.05, 3.63) is 66.8 Å². The Labute approximate surface area is 215 Å². The van der Waals surface area contributed by atoms with Gasteiger partial charge in [0.1, 0.15) is 0 Å². The fourth-order valence-corrected chi connectivity index (χ4v) is 10.8. The molecule has 0 N–H and O–H groups in total. The molecular formula is C24H32Cl2I2O4. The van der Waals surface area contributed by atoms with Gasteiger partial charge in [-0.3, -0.25) is 4.79 Å². The van der Waals surface area contributed by atoms with Crippen LogP contribution in [-0.4, -0.2) is 21.1 Å². The normalized spacial score (nSPS) is 15.3. The molecule has 0 atom stereocenters. The van der Waals surface area contributed by atoms with Crippen molar-refractivity contribution in [2.24, 2.45) is 0 Å². The van der Waals surface area contributed by atoms with Crippen LogP contribution in [0.4, 0.5) is 0 Å². The summed E-state index contributed by atoms with van der Waals surface area (Å²) in [6, 6.07) is 16.5. The van der Waals surface area contributed by atoms with E-state index in [1.54, 1.807) is 0 Å². The van der Waals surface area contributed by atoms with Gasteiger partial charge < -0.3 is 0 Å². The van der Waals surface area contributed by atoms with E-state index in [2.05, 4.69) is 59.6 Å². The zero-order valence-electron chi connectivity index (χ0n) is 19.8. The first-order chi connectivity index (χ1) is 14.7. The second-order valence-corrected chi connectivity index (χ2v) is 18.8. The molecule has 0 spiro atoms. The Morgan fingerprint density at radius 1 is 1.06 bits per heavy atom. The van der Waals surface area contributed by atoms with Gasteiger partial charge in [0.25, 0.3) is 0 Å². The summed E-state index contributed by atoms with van der Waals surface area (Å²) in [5, 5.41) is -0.361. The molecule has 0 bridgehead atoms. The summed E-state index contributed by atoms with van der Waals surface area (Å²) in [7, 11) is 6.27. The maximum absolute atomic E-state index is 11.1. The molecule has 2 aromatic rings. The van der Waals surface area contributed by atoms with E-state index >= 15 is 0 Å². The number of halogens is 4. The van der Waals surface area contributed by atoms with Crippen LogP contribution in [-0.2, 0) is 28.6 Å². The number of hydrogen-bond donors (Lipinski definition) is 0. The molecule has 0 unspecified atom stereocenters. The molecular weight excluding hydrogens is 677 g/mol. The van der Waals surface area contributed by atoms with Crippen LogP contribution in [0, 0.1) is 7.14 Å². The van der Waals surface area contributed by atoms with Gasteiger partial charge in [-0.2, -0.15) is 0 Å². The molecule has 0 fully saturated rings. The van der Waals surface area contributed by atoms with Crippen molar-refractivity contribution in [1.82, 2.24) is 0 Å². The standard InChI is InChI=1S/C12H16ClIO2.C10H13IO.C2H3ClO/c1-9(15)16-12(2,3)10-7-5-6-8-11(10)14(4)13;1-10(2)8-6-4-5-7-9(8)11(3)12-10;1-2(3)4/h5-8H,1-4H3;4-7H,1-3H3;1H3. The number of rotatable bonds is 3. The Hall–Kier alpha value is -0.420. The predicted molar refractivity (Wildman–Crippen MR) is 151 cm³/mol. The van der Waals surface area contributed by atoms with Gasteiger partial charge in [-0.05, 0) is 11.6 Å². The van der Waals surface area contributed by atoms with Crippen LogP contribution in [0.5, 0.6) is 0 Å². The number of benzene rings is 2. The average Bonchev–Trinajstić information content (AvgIpc) is 2.90. The number of carbonyl (C=O) groups is 2. The zero-order valence-corrected chi connectivity index (χ0v) is 25.6. The minimum absolute atomic E-state index is 0.0316. The van der Waals surface area contributed by atoms with Gasteiger partial charge in [0.2, 0.25) is 5.24 Å². The molecule has 8 heteroatoms. The first kappa shape index (κ1) is 29.6. The summed E-state index contributed by atoms with van der Waals surface area (Å²) >= 11 is 1.79. The van der Waals surface area contributed by atoms with Crippen LogP contribution < -0.4 is 0 Å². The van der Waals surface area contributed by atoms with E-state index in [0.29, 0.717) is 0 Å². The molecule has 0 radical (unpaired) electrons. The number of ether oxygens (including phenoxy) is 1. The molecule has 32 heavy (non-hydrogen) atoms. The van der Waals surface area contributed by atoms with Gasteiger partial charge in [-0.1, -0.05) is 0 Å². The fourth-order valence-electron chi connectivity index (χ4n) is 3.14. The van der Waals surface area contributed by atoms with E-state index in [1.165, 1.54) is 23.0 Å². The molecule has 0 amide bonds. The first-order valence-corrected chi connectivity index (χ1v) is 20.3. The molecule has 1 aliphatic rings. The Morgan fingerprint density at radius 3 is 2.06 bits per heavy atom. The van der Waals surface area contributed by atoms with Gasteiger partial charge in [-0.25, -0.2) is 0 Å². The minimum atomic E-state index is -1.60. The van der Waals surface area contributed by atoms with E-state index < -0.39 is 44.5 Å². The van der Waals surface area contributed by atoms with Crippen LogP contribution in [0.15, 0.2) is 48.5 Å². The third-order valence-electron chi connectivity index (χ3n) is 4.32. The average molecular weight is 709 g/mol. The third kappa shape index (κ3) is 9.08. The Bertz CT molecular complexity index is 926. The maximum atomic E-state index is 11.1. The summed E-state index contributed by atoms with van der Waals surface area (Å²) in [6.07, 6.45) is 0. The van der Waals surface area contributed by atoms with Crippen molar-refractivity contribution < 1.29 is 17.4 Å². The molecule has 1 aliphatic heterocycles. The third-order valence-corrected chi connectivity index (χ3v) is 12.2. The second kappa shape index (κ2) is 12.9. The summed E-state index contributed by atoms with van der Waals surface area (Å²) in [5.74, 6) is -0.272. The monoisotopic (exact) mass is 708 g/mol. The van der Waals surface area contributed by atoms with E-state index in [0.717, 1.165) is 9.13 Å². The van der Waals surface area contributed by atoms with Gasteiger partial charge in [0.15, 0.2) is 0 Å². The summed E-state index contributed by atoms with van der Waals surface area (Å²) < 4.78 is 14.0. The van der Waals surface area contributed by atoms with Gasteiger partial charge in [0, 0.05) is 6.92 Å². The Kier molecular flexibility index (Phi) is 11.9. The van der Waals surface area contributed by atoms with Gasteiger partial charge in [-0.15, -0.1) is 0 Å². The fraction of sp³-hybridized carbons (Fsp3) is 0.417.